The molecule has 0 unspecified atom stereocenters. The second-order valence-corrected chi connectivity index (χ2v) is 5.32. The van der Waals surface area contributed by atoms with Crippen LogP contribution in [0.15, 0.2) is 42.6 Å². The maximum absolute atomic E-state index is 13.3. The molecule has 146 valence electrons. The predicted octanol–water partition coefficient (Wildman–Crippen LogP) is 5.53. The molecule has 0 bridgehead atoms. The maximum Gasteiger partial charge on any atom is 0.224 e. The fourth-order valence-corrected chi connectivity index (χ4v) is 2.16. The molecule has 0 aliphatic heterocycles. The molecule has 26 heavy (non-hydrogen) atoms. The van der Waals surface area contributed by atoms with Crippen molar-refractivity contribution in [2.75, 3.05) is 11.9 Å². The van der Waals surface area contributed by atoms with E-state index in [1.807, 2.05) is 26.8 Å². The van der Waals surface area contributed by atoms with Crippen LogP contribution in [0.25, 0.3) is 0 Å². The number of ether oxygens (including phenoxy) is 1. The van der Waals surface area contributed by atoms with Crippen LogP contribution in [0.4, 0.5) is 14.8 Å². The van der Waals surface area contributed by atoms with E-state index in [4.69, 9.17) is 4.74 Å². The van der Waals surface area contributed by atoms with Crippen molar-refractivity contribution in [2.45, 2.75) is 46.5 Å². The third-order valence-corrected chi connectivity index (χ3v) is 3.32. The van der Waals surface area contributed by atoms with Gasteiger partial charge in [-0.2, -0.15) is 0 Å². The van der Waals surface area contributed by atoms with Gasteiger partial charge in [0, 0.05) is 25.4 Å². The summed E-state index contributed by atoms with van der Waals surface area (Å²) >= 11 is 0. The normalized spacial score (nSPS) is 9.38. The zero-order valence-electron chi connectivity index (χ0n) is 15.6. The number of aromatic nitrogens is 1. The third-order valence-electron chi connectivity index (χ3n) is 3.32. The Morgan fingerprint density at radius 1 is 1.19 bits per heavy atom. The van der Waals surface area contributed by atoms with Crippen LogP contribution in [-0.4, -0.2) is 17.5 Å². The molecule has 0 radical (unpaired) electrons. The highest BCUT2D eigenvalue weighted by Crippen LogP contribution is 2.16. The molecular formula is C20H30F2N2O2. The van der Waals surface area contributed by atoms with Crippen LogP contribution in [-0.2, 0) is 4.79 Å². The molecule has 6 heteroatoms. The summed E-state index contributed by atoms with van der Waals surface area (Å²) in [5.41, 5.74) is 1.64. The van der Waals surface area contributed by atoms with Gasteiger partial charge < -0.3 is 10.1 Å². The second kappa shape index (κ2) is 13.8. The van der Waals surface area contributed by atoms with E-state index < -0.39 is 0 Å². The number of rotatable bonds is 8. The fourth-order valence-electron chi connectivity index (χ4n) is 2.16. The largest absolute Gasteiger partial charge is 0.491 e. The van der Waals surface area contributed by atoms with Crippen LogP contribution in [0, 0.1) is 12.7 Å². The number of nitrogens with zero attached hydrogens (tertiary/aromatic N) is 1. The number of anilines is 1. The molecule has 2 aromatic rings. The number of nitrogens with one attached hydrogen (secondary N) is 1. The average molecular weight is 368 g/mol. The highest BCUT2D eigenvalue weighted by Gasteiger charge is 2.04. The smallest absolute Gasteiger partial charge is 0.224 e. The Labute approximate surface area is 155 Å². The van der Waals surface area contributed by atoms with Gasteiger partial charge in [-0.1, -0.05) is 26.0 Å². The minimum Gasteiger partial charge on any atom is -0.491 e. The lowest BCUT2D eigenvalue weighted by molar-refractivity contribution is -0.116. The van der Waals surface area contributed by atoms with Crippen LogP contribution >= 0.6 is 0 Å². The number of halogens is 2. The summed E-state index contributed by atoms with van der Waals surface area (Å²) in [6.45, 7) is 6.33. The predicted molar refractivity (Wildman–Crippen MR) is 104 cm³/mol. The highest BCUT2D eigenvalue weighted by atomic mass is 19.1. The van der Waals surface area contributed by atoms with Gasteiger partial charge >= 0.3 is 0 Å². The lowest BCUT2D eigenvalue weighted by Crippen LogP contribution is -2.11. The summed E-state index contributed by atoms with van der Waals surface area (Å²) in [6.07, 6.45) is 4.55. The molecular weight excluding hydrogens is 338 g/mol. The zero-order valence-corrected chi connectivity index (χ0v) is 15.6. The van der Waals surface area contributed by atoms with E-state index in [1.165, 1.54) is 6.07 Å². The van der Waals surface area contributed by atoms with Crippen molar-refractivity contribution in [3.05, 3.63) is 54.1 Å². The number of para-hydroxylation sites is 1. The molecule has 1 amide bonds. The number of hydrogen-bond acceptors (Lipinski definition) is 3. The fraction of sp³-hybridized carbons (Fsp3) is 0.400. The number of carbonyl (C=O) groups excluding carboxylic acids is 1. The van der Waals surface area contributed by atoms with Gasteiger partial charge in [0.1, 0.15) is 0 Å². The second-order valence-electron chi connectivity index (χ2n) is 5.32. The third kappa shape index (κ3) is 9.11. The van der Waals surface area contributed by atoms with Crippen LogP contribution in [0.3, 0.4) is 0 Å². The first-order chi connectivity index (χ1) is 12.1. The molecule has 0 saturated carbocycles. The summed E-state index contributed by atoms with van der Waals surface area (Å²) in [4.78, 5) is 15.9. The van der Waals surface area contributed by atoms with Gasteiger partial charge in [-0.3, -0.25) is 14.5 Å². The summed E-state index contributed by atoms with van der Waals surface area (Å²) in [5, 5.41) is 2.85. The Hall–Kier alpha value is -2.50. The molecule has 0 saturated heterocycles. The Morgan fingerprint density at radius 3 is 2.62 bits per heavy atom. The monoisotopic (exact) mass is 368 g/mol. The topological polar surface area (TPSA) is 51.2 Å². The van der Waals surface area contributed by atoms with Gasteiger partial charge in [0.2, 0.25) is 5.91 Å². The Morgan fingerprint density at radius 2 is 1.92 bits per heavy atom. The molecule has 1 heterocycles. The molecule has 1 N–H and O–H groups in total. The summed E-state index contributed by atoms with van der Waals surface area (Å²) in [5.74, 6) is -0.0801. The van der Waals surface area contributed by atoms with E-state index in [0.717, 1.165) is 30.6 Å². The number of aryl methyl sites for hydroxylation is 1. The lowest BCUT2D eigenvalue weighted by Gasteiger charge is -2.07. The molecule has 2 rings (SSSR count). The van der Waals surface area contributed by atoms with Crippen molar-refractivity contribution in [1.82, 2.24) is 4.98 Å². The number of pyridine rings is 1. The van der Waals surface area contributed by atoms with Crippen molar-refractivity contribution < 1.29 is 20.1 Å². The van der Waals surface area contributed by atoms with Crippen LogP contribution < -0.4 is 10.1 Å². The minimum absolute atomic E-state index is 0. The Balaban J connectivity index is 0. The molecule has 0 aliphatic carbocycles. The molecule has 0 fully saturated rings. The molecule has 1 aromatic heterocycles. The van der Waals surface area contributed by atoms with Gasteiger partial charge in [-0.25, -0.2) is 4.39 Å². The number of unbranched alkanes of at least 4 members (excludes halogenated alkanes) is 2. The van der Waals surface area contributed by atoms with Gasteiger partial charge in [0.05, 0.1) is 6.61 Å². The first-order valence-electron chi connectivity index (χ1n) is 8.75. The Kier molecular flexibility index (Phi) is 12.4. The van der Waals surface area contributed by atoms with E-state index in [1.54, 1.807) is 30.5 Å². The lowest BCUT2D eigenvalue weighted by atomic mass is 10.2. The van der Waals surface area contributed by atoms with E-state index >= 15 is 0 Å². The van der Waals surface area contributed by atoms with Crippen molar-refractivity contribution in [1.29, 1.82) is 0 Å². The van der Waals surface area contributed by atoms with Crippen molar-refractivity contribution in [3.63, 3.8) is 0 Å². The van der Waals surface area contributed by atoms with E-state index in [9.17, 15) is 9.18 Å². The quantitative estimate of drug-likeness (QED) is 0.623. The van der Waals surface area contributed by atoms with E-state index in [2.05, 4.69) is 10.3 Å². The molecule has 0 atom stereocenters. The minimum atomic E-state index is -0.348. The summed E-state index contributed by atoms with van der Waals surface area (Å²) in [6, 6.07) is 9.96. The highest BCUT2D eigenvalue weighted by molar-refractivity contribution is 5.90. The van der Waals surface area contributed by atoms with Crippen LogP contribution in [0.1, 0.15) is 46.7 Å². The van der Waals surface area contributed by atoms with E-state index in [0.29, 0.717) is 13.0 Å². The molecule has 1 aromatic carbocycles. The molecule has 4 nitrogen and oxygen atoms in total. The number of hydrogen-bond donors (Lipinski definition) is 1. The van der Waals surface area contributed by atoms with Crippen molar-refractivity contribution in [3.8, 4) is 5.75 Å². The van der Waals surface area contributed by atoms with Crippen LogP contribution in [0.2, 0.25) is 0 Å². The standard InChI is InChI=1S/C18H21FN2O2.C2H6.FH.H2/c1-14-13-15(10-11-20-14)21-18(22)9-3-2-6-12-23-17-8-5-4-7-16(17)19;1-2;;/h4-5,7-8,10-11,13H,2-3,6,9,12H2,1H3,(H,20,21,22);1-2H3;2*1H. The molecule has 0 spiro atoms. The number of amides is 1. The van der Waals surface area contributed by atoms with E-state index in [-0.39, 0.29) is 23.6 Å². The van der Waals surface area contributed by atoms with Crippen molar-refractivity contribution in [2.24, 2.45) is 0 Å². The Bertz CT molecular complexity index is 657. The average Bonchev–Trinajstić information content (AvgIpc) is 2.61. The first-order valence-corrected chi connectivity index (χ1v) is 8.75. The van der Waals surface area contributed by atoms with Crippen LogP contribution in [0.5, 0.6) is 5.75 Å². The number of carbonyl (C=O) groups is 1. The van der Waals surface area contributed by atoms with Gasteiger partial charge in [0.25, 0.3) is 0 Å². The van der Waals surface area contributed by atoms with Gasteiger partial charge in [-0.05, 0) is 50.5 Å². The van der Waals surface area contributed by atoms with Gasteiger partial charge in [0.15, 0.2) is 11.6 Å². The van der Waals surface area contributed by atoms with Crippen molar-refractivity contribution >= 4 is 11.6 Å². The van der Waals surface area contributed by atoms with Gasteiger partial charge in [-0.15, -0.1) is 0 Å². The SMILES string of the molecule is CC.Cc1cc(NC(=O)CCCCCOc2ccccc2F)ccn1.F.[HH]. The zero-order chi connectivity index (χ0) is 18.5. The number of benzene rings is 1. The molecule has 0 aliphatic rings. The first kappa shape index (κ1) is 23.5. The summed E-state index contributed by atoms with van der Waals surface area (Å²) < 4.78 is 18.7. The summed E-state index contributed by atoms with van der Waals surface area (Å²) in [7, 11) is 0. The maximum atomic E-state index is 13.3.